The number of hydrogen-bond acceptors (Lipinski definition) is 8. The lowest BCUT2D eigenvalue weighted by Crippen LogP contribution is -2.29. The fraction of sp³-hybridized carbons (Fsp3) is 0.240. The summed E-state index contributed by atoms with van der Waals surface area (Å²) < 4.78 is 21.5. The first-order valence-corrected chi connectivity index (χ1v) is 10.4. The number of amides is 1. The minimum Gasteiger partial charge on any atom is -0.507 e. The fourth-order valence-corrected chi connectivity index (χ4v) is 3.98. The van der Waals surface area contributed by atoms with Crippen LogP contribution in [-0.4, -0.2) is 43.3 Å². The van der Waals surface area contributed by atoms with E-state index in [1.54, 1.807) is 49.4 Å². The largest absolute Gasteiger partial charge is 0.507 e. The Morgan fingerprint density at radius 2 is 1.59 bits per heavy atom. The topological polar surface area (TPSA) is 111 Å². The molecule has 2 aromatic carbocycles. The summed E-state index contributed by atoms with van der Waals surface area (Å²) in [6.07, 6.45) is 0. The van der Waals surface area contributed by atoms with Crippen LogP contribution in [0, 0.1) is 13.8 Å². The molecule has 1 aliphatic heterocycles. The summed E-state index contributed by atoms with van der Waals surface area (Å²) in [7, 11) is 4.40. The summed E-state index contributed by atoms with van der Waals surface area (Å²) in [6.45, 7) is 3.58. The quantitative estimate of drug-likeness (QED) is 0.332. The van der Waals surface area contributed by atoms with Gasteiger partial charge in [-0.15, -0.1) is 0 Å². The normalized spacial score (nSPS) is 17.2. The molecule has 0 unspecified atom stereocenters. The summed E-state index contributed by atoms with van der Waals surface area (Å²) in [5.74, 6) is -0.400. The molecule has 0 radical (unpaired) electrons. The molecule has 1 saturated heterocycles. The van der Waals surface area contributed by atoms with E-state index in [0.717, 1.165) is 5.56 Å². The second kappa shape index (κ2) is 8.93. The van der Waals surface area contributed by atoms with Crippen molar-refractivity contribution in [3.63, 3.8) is 0 Å². The predicted octanol–water partition coefficient (Wildman–Crippen LogP) is 3.94. The molecule has 176 valence electrons. The van der Waals surface area contributed by atoms with Crippen molar-refractivity contribution in [3.8, 4) is 17.2 Å². The molecular formula is C25H24N2O7. The number of methoxy groups -OCH3 is 3. The molecule has 0 saturated carbocycles. The zero-order valence-corrected chi connectivity index (χ0v) is 19.4. The van der Waals surface area contributed by atoms with Crippen molar-refractivity contribution in [1.29, 1.82) is 0 Å². The van der Waals surface area contributed by atoms with E-state index < -0.39 is 17.7 Å². The number of nitrogens with zero attached hydrogens (tertiary/aromatic N) is 2. The van der Waals surface area contributed by atoms with Crippen LogP contribution < -0.4 is 19.1 Å². The predicted molar refractivity (Wildman–Crippen MR) is 123 cm³/mol. The number of ether oxygens (including phenoxy) is 3. The van der Waals surface area contributed by atoms with Crippen molar-refractivity contribution in [3.05, 3.63) is 70.5 Å². The van der Waals surface area contributed by atoms with Crippen LogP contribution in [0.3, 0.4) is 0 Å². The fourth-order valence-electron chi connectivity index (χ4n) is 3.98. The Morgan fingerprint density at radius 1 is 0.971 bits per heavy atom. The van der Waals surface area contributed by atoms with Crippen LogP contribution in [0.1, 0.15) is 28.5 Å². The molecule has 0 bridgehead atoms. The monoisotopic (exact) mass is 464 g/mol. The molecular weight excluding hydrogens is 440 g/mol. The summed E-state index contributed by atoms with van der Waals surface area (Å²) in [5, 5.41) is 15.1. The van der Waals surface area contributed by atoms with E-state index in [4.69, 9.17) is 18.7 Å². The highest BCUT2D eigenvalue weighted by molar-refractivity contribution is 6.51. The lowest BCUT2D eigenvalue weighted by atomic mass is 9.94. The zero-order valence-electron chi connectivity index (χ0n) is 19.4. The van der Waals surface area contributed by atoms with Crippen LogP contribution in [0.5, 0.6) is 17.2 Å². The van der Waals surface area contributed by atoms with Gasteiger partial charge in [0.05, 0.1) is 32.9 Å². The smallest absolute Gasteiger partial charge is 0.301 e. The molecule has 1 aromatic heterocycles. The maximum atomic E-state index is 13.2. The van der Waals surface area contributed by atoms with Crippen LogP contribution in [-0.2, 0) is 9.59 Å². The number of rotatable bonds is 6. The van der Waals surface area contributed by atoms with Crippen LogP contribution in [0.4, 0.5) is 5.82 Å². The third-order valence-corrected chi connectivity index (χ3v) is 5.63. The lowest BCUT2D eigenvalue weighted by Gasteiger charge is -2.24. The number of ketones is 1. The van der Waals surface area contributed by atoms with Crippen molar-refractivity contribution in [2.75, 3.05) is 26.2 Å². The van der Waals surface area contributed by atoms with Crippen LogP contribution in [0.2, 0.25) is 0 Å². The average Bonchev–Trinajstić information content (AvgIpc) is 3.38. The van der Waals surface area contributed by atoms with Crippen molar-refractivity contribution in [2.45, 2.75) is 19.9 Å². The number of aliphatic hydroxyl groups is 1. The number of aliphatic hydroxyl groups excluding tert-OH is 1. The van der Waals surface area contributed by atoms with Gasteiger partial charge in [0.1, 0.15) is 11.5 Å². The molecule has 0 spiro atoms. The zero-order chi connectivity index (χ0) is 24.6. The number of aromatic nitrogens is 1. The van der Waals surface area contributed by atoms with E-state index >= 15 is 0 Å². The van der Waals surface area contributed by atoms with E-state index in [2.05, 4.69) is 5.16 Å². The molecule has 1 fully saturated rings. The Kier molecular flexibility index (Phi) is 6.02. The van der Waals surface area contributed by atoms with Gasteiger partial charge in [0.15, 0.2) is 17.3 Å². The van der Waals surface area contributed by atoms with Gasteiger partial charge in [-0.3, -0.25) is 14.5 Å². The molecule has 9 heteroatoms. The van der Waals surface area contributed by atoms with E-state index in [0.29, 0.717) is 34.1 Å². The SMILES string of the molecule is COc1cc([C@@H]2C(=C(O)c3ccc(C)cc3)C(=O)C(=O)N2c2cc(C)on2)cc(OC)c1OC. The summed E-state index contributed by atoms with van der Waals surface area (Å²) >= 11 is 0. The Bertz CT molecular complexity index is 1270. The van der Waals surface area contributed by atoms with Gasteiger partial charge in [-0.2, -0.15) is 0 Å². The first kappa shape index (κ1) is 22.9. The molecule has 1 atom stereocenters. The highest BCUT2D eigenvalue weighted by atomic mass is 16.5. The minimum absolute atomic E-state index is 0.0937. The highest BCUT2D eigenvalue weighted by Gasteiger charge is 2.48. The van der Waals surface area contributed by atoms with Crippen LogP contribution in [0.15, 0.2) is 52.6 Å². The first-order chi connectivity index (χ1) is 16.3. The van der Waals surface area contributed by atoms with Crippen molar-refractivity contribution in [2.24, 2.45) is 0 Å². The molecule has 34 heavy (non-hydrogen) atoms. The number of carbonyl (C=O) groups excluding carboxylic acids is 2. The number of hydrogen-bond donors (Lipinski definition) is 1. The molecule has 1 amide bonds. The van der Waals surface area contributed by atoms with Crippen molar-refractivity contribution < 1.29 is 33.4 Å². The van der Waals surface area contributed by atoms with Crippen molar-refractivity contribution >= 4 is 23.3 Å². The average molecular weight is 464 g/mol. The molecule has 4 rings (SSSR count). The van der Waals surface area contributed by atoms with Gasteiger partial charge < -0.3 is 23.8 Å². The third kappa shape index (κ3) is 3.75. The summed E-state index contributed by atoms with van der Waals surface area (Å²) in [5.41, 5.74) is 1.74. The summed E-state index contributed by atoms with van der Waals surface area (Å²) in [4.78, 5) is 27.6. The van der Waals surface area contributed by atoms with Gasteiger partial charge in [-0.05, 0) is 31.5 Å². The van der Waals surface area contributed by atoms with E-state index in [1.165, 1.54) is 26.2 Å². The Hall–Kier alpha value is -4.27. The number of aryl methyl sites for hydroxylation is 2. The van der Waals surface area contributed by atoms with Crippen LogP contribution in [0.25, 0.3) is 5.76 Å². The second-order valence-corrected chi connectivity index (χ2v) is 7.79. The lowest BCUT2D eigenvalue weighted by molar-refractivity contribution is -0.132. The van der Waals surface area contributed by atoms with Gasteiger partial charge in [-0.25, -0.2) is 0 Å². The first-order valence-electron chi connectivity index (χ1n) is 10.4. The number of Topliss-reactive ketones (excluding diaryl/α,β-unsaturated/α-hetero) is 1. The molecule has 1 N–H and O–H groups in total. The van der Waals surface area contributed by atoms with E-state index in [-0.39, 0.29) is 17.2 Å². The van der Waals surface area contributed by atoms with Crippen LogP contribution >= 0.6 is 0 Å². The number of carbonyl (C=O) groups is 2. The molecule has 9 nitrogen and oxygen atoms in total. The van der Waals surface area contributed by atoms with Gasteiger partial charge in [-0.1, -0.05) is 35.0 Å². The maximum absolute atomic E-state index is 13.2. The molecule has 0 aliphatic carbocycles. The Labute approximate surface area is 196 Å². The third-order valence-electron chi connectivity index (χ3n) is 5.63. The van der Waals surface area contributed by atoms with Gasteiger partial charge >= 0.3 is 5.91 Å². The second-order valence-electron chi connectivity index (χ2n) is 7.79. The Balaban J connectivity index is 2.00. The number of benzene rings is 2. The molecule has 3 aromatic rings. The van der Waals surface area contributed by atoms with Gasteiger partial charge in [0.25, 0.3) is 5.78 Å². The van der Waals surface area contributed by atoms with Gasteiger partial charge in [0.2, 0.25) is 5.75 Å². The molecule has 2 heterocycles. The Morgan fingerprint density at radius 3 is 2.09 bits per heavy atom. The van der Waals surface area contributed by atoms with Gasteiger partial charge in [0, 0.05) is 11.6 Å². The van der Waals surface area contributed by atoms with E-state index in [9.17, 15) is 14.7 Å². The minimum atomic E-state index is -1.03. The number of anilines is 1. The van der Waals surface area contributed by atoms with E-state index in [1.807, 2.05) is 6.92 Å². The summed E-state index contributed by atoms with van der Waals surface area (Å²) in [6, 6.07) is 10.7. The van der Waals surface area contributed by atoms with Crippen molar-refractivity contribution in [1.82, 2.24) is 5.16 Å². The maximum Gasteiger partial charge on any atom is 0.301 e. The standard InChI is InChI=1S/C25H24N2O7/c1-13-6-8-15(9-7-13)22(28)20-21(16-11-17(31-3)24(33-5)18(12-16)32-4)27(25(30)23(20)29)19-10-14(2)34-26-19/h6-12,21,28H,1-5H3/t21-/m1/s1. The highest BCUT2D eigenvalue weighted by Crippen LogP contribution is 2.46. The molecule has 1 aliphatic rings.